The van der Waals surface area contributed by atoms with Crippen LogP contribution in [0.2, 0.25) is 0 Å². The SMILES string of the molecule is C[NH2+]CCCCSc1ccccc1. The smallest absolute Gasteiger partial charge is 0.0753 e. The zero-order chi connectivity index (χ0) is 9.36. The summed E-state index contributed by atoms with van der Waals surface area (Å²) in [5.74, 6) is 1.25. The molecule has 0 spiro atoms. The Kier molecular flexibility index (Phi) is 5.70. The van der Waals surface area contributed by atoms with Gasteiger partial charge in [0, 0.05) is 4.90 Å². The fourth-order valence-electron chi connectivity index (χ4n) is 1.16. The second kappa shape index (κ2) is 6.98. The number of hydrogen-bond donors (Lipinski definition) is 1. The Balaban J connectivity index is 2.07. The Hall–Kier alpha value is -0.470. The first-order valence-corrected chi connectivity index (χ1v) is 5.87. The maximum absolute atomic E-state index is 2.24. The molecule has 13 heavy (non-hydrogen) atoms. The molecule has 0 amide bonds. The standard InChI is InChI=1S/C11H17NS/c1-12-9-5-6-10-13-11-7-3-2-4-8-11/h2-4,7-8,12H,5-6,9-10H2,1H3/p+1. The van der Waals surface area contributed by atoms with Gasteiger partial charge >= 0.3 is 0 Å². The van der Waals surface area contributed by atoms with Gasteiger partial charge in [0.05, 0.1) is 13.6 Å². The third-order valence-electron chi connectivity index (χ3n) is 1.90. The van der Waals surface area contributed by atoms with E-state index in [0.29, 0.717) is 0 Å². The Bertz CT molecular complexity index is 211. The van der Waals surface area contributed by atoms with Crippen LogP contribution in [0, 0.1) is 0 Å². The van der Waals surface area contributed by atoms with Gasteiger partial charge in [-0.2, -0.15) is 0 Å². The maximum Gasteiger partial charge on any atom is 0.0753 e. The zero-order valence-corrected chi connectivity index (χ0v) is 9.02. The van der Waals surface area contributed by atoms with Crippen LogP contribution in [0.1, 0.15) is 12.8 Å². The van der Waals surface area contributed by atoms with Crippen molar-refractivity contribution in [2.45, 2.75) is 17.7 Å². The van der Waals surface area contributed by atoms with E-state index in [1.165, 1.54) is 30.0 Å². The minimum absolute atomic E-state index is 1.25. The summed E-state index contributed by atoms with van der Waals surface area (Å²) >= 11 is 1.96. The number of hydrogen-bond acceptors (Lipinski definition) is 1. The van der Waals surface area contributed by atoms with Gasteiger partial charge in [-0.1, -0.05) is 18.2 Å². The molecule has 1 aromatic carbocycles. The topological polar surface area (TPSA) is 16.6 Å². The van der Waals surface area contributed by atoms with Gasteiger partial charge in [0.1, 0.15) is 0 Å². The normalized spacial score (nSPS) is 10.2. The van der Waals surface area contributed by atoms with Crippen LogP contribution in [0.15, 0.2) is 35.2 Å². The molecule has 0 atom stereocenters. The van der Waals surface area contributed by atoms with E-state index < -0.39 is 0 Å². The third-order valence-corrected chi connectivity index (χ3v) is 3.00. The molecular formula is C11H18NS+. The molecule has 0 saturated carbocycles. The quantitative estimate of drug-likeness (QED) is 0.542. The number of rotatable bonds is 6. The summed E-state index contributed by atoms with van der Waals surface area (Å²) in [6, 6.07) is 10.6. The van der Waals surface area contributed by atoms with E-state index >= 15 is 0 Å². The molecule has 1 rings (SSSR count). The first kappa shape index (κ1) is 10.6. The van der Waals surface area contributed by atoms with Gasteiger partial charge in [0.2, 0.25) is 0 Å². The number of benzene rings is 1. The van der Waals surface area contributed by atoms with Crippen molar-refractivity contribution in [3.63, 3.8) is 0 Å². The molecule has 0 fully saturated rings. The van der Waals surface area contributed by atoms with E-state index in [1.54, 1.807) is 0 Å². The van der Waals surface area contributed by atoms with Crippen LogP contribution in [0.25, 0.3) is 0 Å². The van der Waals surface area contributed by atoms with Gasteiger partial charge in [0.25, 0.3) is 0 Å². The van der Waals surface area contributed by atoms with E-state index in [2.05, 4.69) is 42.7 Å². The summed E-state index contributed by atoms with van der Waals surface area (Å²) in [7, 11) is 2.13. The lowest BCUT2D eigenvalue weighted by atomic mass is 10.3. The second-order valence-corrected chi connectivity index (χ2v) is 4.23. The van der Waals surface area contributed by atoms with Crippen LogP contribution < -0.4 is 5.32 Å². The molecule has 0 unspecified atom stereocenters. The second-order valence-electron chi connectivity index (χ2n) is 3.07. The molecule has 2 heteroatoms. The average molecular weight is 196 g/mol. The van der Waals surface area contributed by atoms with E-state index in [1.807, 2.05) is 11.8 Å². The van der Waals surface area contributed by atoms with E-state index in [0.717, 1.165) is 0 Å². The summed E-state index contributed by atoms with van der Waals surface area (Å²) in [5.41, 5.74) is 0. The monoisotopic (exact) mass is 196 g/mol. The molecule has 1 aromatic rings. The molecule has 0 aliphatic carbocycles. The molecule has 0 radical (unpaired) electrons. The predicted molar refractivity (Wildman–Crippen MR) is 59.1 cm³/mol. The van der Waals surface area contributed by atoms with Gasteiger partial charge in [-0.25, -0.2) is 0 Å². The Morgan fingerprint density at radius 3 is 2.62 bits per heavy atom. The highest BCUT2D eigenvalue weighted by Gasteiger charge is 1.92. The van der Waals surface area contributed by atoms with Crippen LogP contribution in [0.3, 0.4) is 0 Å². The minimum Gasteiger partial charge on any atom is -0.349 e. The van der Waals surface area contributed by atoms with Crippen molar-refractivity contribution in [1.82, 2.24) is 0 Å². The van der Waals surface area contributed by atoms with Crippen molar-refractivity contribution in [2.24, 2.45) is 0 Å². The van der Waals surface area contributed by atoms with Gasteiger partial charge in [-0.3, -0.25) is 0 Å². The van der Waals surface area contributed by atoms with Crippen molar-refractivity contribution in [3.05, 3.63) is 30.3 Å². The molecule has 0 saturated heterocycles. The van der Waals surface area contributed by atoms with Crippen molar-refractivity contribution in [1.29, 1.82) is 0 Å². The van der Waals surface area contributed by atoms with E-state index in [9.17, 15) is 0 Å². The van der Waals surface area contributed by atoms with Gasteiger partial charge in [-0.15, -0.1) is 11.8 Å². The van der Waals surface area contributed by atoms with Gasteiger partial charge in [0.15, 0.2) is 0 Å². The molecule has 72 valence electrons. The molecule has 0 aliphatic rings. The maximum atomic E-state index is 2.24. The molecule has 2 N–H and O–H groups in total. The van der Waals surface area contributed by atoms with Crippen molar-refractivity contribution in [2.75, 3.05) is 19.3 Å². The third kappa shape index (κ3) is 4.96. The number of nitrogens with two attached hydrogens (primary N) is 1. The molecule has 0 bridgehead atoms. The Morgan fingerprint density at radius 1 is 1.15 bits per heavy atom. The molecular weight excluding hydrogens is 178 g/mol. The van der Waals surface area contributed by atoms with E-state index in [4.69, 9.17) is 0 Å². The van der Waals surface area contributed by atoms with Crippen LogP contribution in [0.5, 0.6) is 0 Å². The Morgan fingerprint density at radius 2 is 1.92 bits per heavy atom. The summed E-state index contributed by atoms with van der Waals surface area (Å²) in [6.07, 6.45) is 2.65. The van der Waals surface area contributed by atoms with Crippen LogP contribution >= 0.6 is 11.8 Å². The lowest BCUT2D eigenvalue weighted by Gasteiger charge is -1.99. The molecule has 0 aliphatic heterocycles. The summed E-state index contributed by atoms with van der Waals surface area (Å²) in [6.45, 7) is 1.26. The van der Waals surface area contributed by atoms with Crippen molar-refractivity contribution in [3.8, 4) is 0 Å². The summed E-state index contributed by atoms with van der Waals surface area (Å²) in [5, 5.41) is 2.24. The summed E-state index contributed by atoms with van der Waals surface area (Å²) in [4.78, 5) is 1.39. The highest BCUT2D eigenvalue weighted by Crippen LogP contribution is 2.17. The lowest BCUT2D eigenvalue weighted by molar-refractivity contribution is -0.627. The molecule has 0 aromatic heterocycles. The summed E-state index contributed by atoms with van der Waals surface area (Å²) < 4.78 is 0. The average Bonchev–Trinajstić information content (AvgIpc) is 2.19. The highest BCUT2D eigenvalue weighted by molar-refractivity contribution is 7.99. The van der Waals surface area contributed by atoms with Crippen molar-refractivity contribution >= 4 is 11.8 Å². The lowest BCUT2D eigenvalue weighted by Crippen LogP contribution is -2.79. The number of thioether (sulfide) groups is 1. The van der Waals surface area contributed by atoms with Crippen LogP contribution in [-0.4, -0.2) is 19.3 Å². The molecule has 1 nitrogen and oxygen atoms in total. The predicted octanol–water partition coefficient (Wildman–Crippen LogP) is 1.75. The van der Waals surface area contributed by atoms with Crippen LogP contribution in [0.4, 0.5) is 0 Å². The van der Waals surface area contributed by atoms with E-state index in [-0.39, 0.29) is 0 Å². The Labute approximate surface area is 84.9 Å². The zero-order valence-electron chi connectivity index (χ0n) is 8.20. The number of unbranched alkanes of at least 4 members (excludes halogenated alkanes) is 1. The highest BCUT2D eigenvalue weighted by atomic mass is 32.2. The first-order chi connectivity index (χ1) is 6.43. The van der Waals surface area contributed by atoms with Gasteiger partial charge in [-0.05, 0) is 30.7 Å². The van der Waals surface area contributed by atoms with Crippen molar-refractivity contribution < 1.29 is 5.32 Å². The number of quaternary nitrogens is 1. The van der Waals surface area contributed by atoms with Gasteiger partial charge < -0.3 is 5.32 Å². The first-order valence-electron chi connectivity index (χ1n) is 4.89. The molecule has 0 heterocycles. The largest absolute Gasteiger partial charge is 0.349 e. The van der Waals surface area contributed by atoms with Crippen LogP contribution in [-0.2, 0) is 0 Å². The fourth-order valence-corrected chi connectivity index (χ4v) is 2.09. The minimum atomic E-state index is 1.25. The fraction of sp³-hybridized carbons (Fsp3) is 0.455.